The summed E-state index contributed by atoms with van der Waals surface area (Å²) in [5.74, 6) is 1.82. The third kappa shape index (κ3) is 6.14. The van der Waals surface area contributed by atoms with Gasteiger partial charge >= 0.3 is 0 Å². The van der Waals surface area contributed by atoms with Gasteiger partial charge in [-0.25, -0.2) is 0 Å². The zero-order chi connectivity index (χ0) is 30.4. The van der Waals surface area contributed by atoms with Gasteiger partial charge < -0.3 is 23.8 Å². The van der Waals surface area contributed by atoms with Gasteiger partial charge in [-0.15, -0.1) is 0 Å². The van der Waals surface area contributed by atoms with Crippen LogP contribution in [0, 0.1) is 0 Å². The number of fused-ring (bicyclic) bond motifs is 1. The molecule has 0 aliphatic carbocycles. The topological polar surface area (TPSA) is 68.2 Å². The van der Waals surface area contributed by atoms with Gasteiger partial charge in [0.2, 0.25) is 8.32 Å². The molecule has 3 aromatic rings. The molecule has 0 amide bonds. The highest BCUT2D eigenvalue weighted by Gasteiger charge is 2.47. The van der Waals surface area contributed by atoms with E-state index < -0.39 is 22.2 Å². The van der Waals surface area contributed by atoms with E-state index in [1.807, 2.05) is 55.6 Å². The van der Waals surface area contributed by atoms with Crippen molar-refractivity contribution in [3.05, 3.63) is 89.0 Å². The molecule has 0 radical (unpaired) electrons. The van der Waals surface area contributed by atoms with E-state index in [0.717, 1.165) is 34.6 Å². The lowest BCUT2D eigenvalue weighted by Gasteiger charge is -2.42. The van der Waals surface area contributed by atoms with Gasteiger partial charge in [0.15, 0.2) is 8.32 Å². The van der Waals surface area contributed by atoms with E-state index in [1.165, 1.54) is 5.56 Å². The molecule has 2 atom stereocenters. The average Bonchev–Trinajstić information content (AvgIpc) is 2.88. The third-order valence-corrected chi connectivity index (χ3v) is 17.5. The molecule has 3 aromatic carbocycles. The Kier molecular flexibility index (Phi) is 8.35. The van der Waals surface area contributed by atoms with Crippen molar-refractivity contribution in [3.63, 3.8) is 0 Å². The largest absolute Gasteiger partial charge is 0.543 e. The number of methoxy groups -OCH3 is 1. The highest BCUT2D eigenvalue weighted by molar-refractivity contribution is 6.74. The van der Waals surface area contributed by atoms with Crippen LogP contribution in [0.15, 0.2) is 66.7 Å². The van der Waals surface area contributed by atoms with Crippen molar-refractivity contribution in [2.24, 2.45) is 0 Å². The zero-order valence-corrected chi connectivity index (χ0v) is 28.5. The predicted octanol–water partition coefficient (Wildman–Crippen LogP) is 8.01. The molecule has 0 fully saturated rings. The Morgan fingerprint density at radius 3 is 2.00 bits per heavy atom. The van der Waals surface area contributed by atoms with Crippen molar-refractivity contribution < 1.29 is 23.8 Å². The van der Waals surface area contributed by atoms with E-state index in [-0.39, 0.29) is 16.0 Å². The Labute approximate surface area is 248 Å². The van der Waals surface area contributed by atoms with E-state index >= 15 is 0 Å². The molecular formula is C34H48O5Si2. The molecule has 5 nitrogen and oxygen atoms in total. The fourth-order valence-corrected chi connectivity index (χ4v) is 6.72. The Morgan fingerprint density at radius 1 is 0.878 bits per heavy atom. The summed E-state index contributed by atoms with van der Waals surface area (Å²) in [6.07, 6.45) is 0.798. The number of ether oxygens (including phenoxy) is 2. The minimum absolute atomic E-state index is 0.0647. The number of hydrogen-bond acceptors (Lipinski definition) is 5. The second-order valence-corrected chi connectivity index (χ2v) is 23.4. The van der Waals surface area contributed by atoms with E-state index in [0.29, 0.717) is 12.4 Å². The van der Waals surface area contributed by atoms with Gasteiger partial charge in [-0.05, 0) is 83.6 Å². The molecule has 7 heteroatoms. The van der Waals surface area contributed by atoms with Gasteiger partial charge in [0.25, 0.3) is 0 Å². The zero-order valence-electron chi connectivity index (χ0n) is 26.5. The Bertz CT molecular complexity index is 1350. The van der Waals surface area contributed by atoms with E-state index in [2.05, 4.69) is 72.0 Å². The predicted molar refractivity (Wildman–Crippen MR) is 172 cm³/mol. The van der Waals surface area contributed by atoms with E-state index in [4.69, 9.17) is 13.9 Å². The van der Waals surface area contributed by atoms with Crippen LogP contribution in [0.2, 0.25) is 36.3 Å². The highest BCUT2D eigenvalue weighted by atomic mass is 28.4. The maximum atomic E-state index is 12.7. The second-order valence-electron chi connectivity index (χ2n) is 14.2. The van der Waals surface area contributed by atoms with Crippen LogP contribution in [0.5, 0.6) is 17.2 Å². The molecule has 0 spiro atoms. The molecule has 1 aliphatic rings. The lowest BCUT2D eigenvalue weighted by atomic mass is 9.71. The van der Waals surface area contributed by atoms with Crippen molar-refractivity contribution >= 4 is 16.6 Å². The van der Waals surface area contributed by atoms with Crippen LogP contribution in [-0.4, -0.2) is 40.3 Å². The summed E-state index contributed by atoms with van der Waals surface area (Å²) in [7, 11) is -2.74. The smallest absolute Gasteiger partial charge is 0.250 e. The monoisotopic (exact) mass is 592 g/mol. The Balaban J connectivity index is 1.75. The standard InChI is InChI=1S/C34H48O5Si2/c1-32(2,3)41(9,10)39-28-19-20-29-31(21-28)38-23-30(34(29,35)26-15-17-27(37-6)18-16-26)25-13-11-24(12-14-25)22-33(4,5)40(7,8)36/h11-21,30,35-36H,22-23H2,1-10H3. The van der Waals surface area contributed by atoms with Crippen LogP contribution in [0.3, 0.4) is 0 Å². The molecule has 4 rings (SSSR count). The molecule has 222 valence electrons. The molecule has 0 aromatic heterocycles. The fraction of sp³-hybridized carbons (Fsp3) is 0.471. The summed E-state index contributed by atoms with van der Waals surface area (Å²) in [6, 6.07) is 21.9. The first-order chi connectivity index (χ1) is 18.9. The van der Waals surface area contributed by atoms with Gasteiger partial charge in [0.05, 0.1) is 19.6 Å². The Morgan fingerprint density at radius 2 is 1.46 bits per heavy atom. The van der Waals surface area contributed by atoms with Crippen LogP contribution < -0.4 is 13.9 Å². The first kappa shape index (κ1) is 31.4. The van der Waals surface area contributed by atoms with Gasteiger partial charge in [0.1, 0.15) is 22.8 Å². The van der Waals surface area contributed by atoms with E-state index in [9.17, 15) is 9.90 Å². The number of benzene rings is 3. The number of hydrogen-bond donors (Lipinski definition) is 2. The van der Waals surface area contributed by atoms with Crippen LogP contribution in [0.4, 0.5) is 0 Å². The molecule has 0 bridgehead atoms. The Hall–Kier alpha value is -2.59. The lowest BCUT2D eigenvalue weighted by molar-refractivity contribution is 0.0106. The van der Waals surface area contributed by atoms with E-state index in [1.54, 1.807) is 7.11 Å². The number of aliphatic hydroxyl groups is 1. The van der Waals surface area contributed by atoms with Gasteiger partial charge in [-0.1, -0.05) is 71.0 Å². The van der Waals surface area contributed by atoms with Gasteiger partial charge in [-0.2, -0.15) is 0 Å². The SMILES string of the molecule is COc1ccc(C2(O)c3ccc(O[Si](C)(C)C(C)(C)C)cc3OCC2c2ccc(CC(C)(C)[Si](C)(C)O)cc2)cc1. The van der Waals surface area contributed by atoms with Crippen LogP contribution in [0.25, 0.3) is 0 Å². The highest BCUT2D eigenvalue weighted by Crippen LogP contribution is 2.51. The summed E-state index contributed by atoms with van der Waals surface area (Å²) in [5, 5.41) is 12.6. The molecule has 2 unspecified atom stereocenters. The molecule has 2 N–H and O–H groups in total. The third-order valence-electron chi connectivity index (χ3n) is 9.67. The normalized spacial score (nSPS) is 19.8. The van der Waals surface area contributed by atoms with Crippen molar-refractivity contribution in [2.45, 2.75) is 88.8 Å². The molecule has 0 saturated carbocycles. The minimum atomic E-state index is -2.34. The van der Waals surface area contributed by atoms with Crippen LogP contribution in [-0.2, 0) is 12.0 Å². The van der Waals surface area contributed by atoms with Crippen molar-refractivity contribution in [2.75, 3.05) is 13.7 Å². The summed E-state index contributed by atoms with van der Waals surface area (Å²) >= 11 is 0. The summed E-state index contributed by atoms with van der Waals surface area (Å²) in [4.78, 5) is 10.8. The quantitative estimate of drug-likeness (QED) is 0.259. The van der Waals surface area contributed by atoms with Crippen molar-refractivity contribution in [1.29, 1.82) is 0 Å². The average molecular weight is 593 g/mol. The molecule has 1 aliphatic heterocycles. The molecular weight excluding hydrogens is 545 g/mol. The molecule has 41 heavy (non-hydrogen) atoms. The van der Waals surface area contributed by atoms with Gasteiger partial charge in [0, 0.05) is 11.6 Å². The second kappa shape index (κ2) is 10.9. The van der Waals surface area contributed by atoms with Crippen LogP contribution >= 0.6 is 0 Å². The minimum Gasteiger partial charge on any atom is -0.543 e. The van der Waals surface area contributed by atoms with Crippen molar-refractivity contribution in [3.8, 4) is 17.2 Å². The first-order valence-electron chi connectivity index (χ1n) is 14.5. The van der Waals surface area contributed by atoms with Crippen LogP contribution in [0.1, 0.15) is 62.8 Å². The first-order valence-corrected chi connectivity index (χ1v) is 20.4. The maximum Gasteiger partial charge on any atom is 0.250 e. The fourth-order valence-electron chi connectivity index (χ4n) is 5.06. The van der Waals surface area contributed by atoms with Crippen molar-refractivity contribution in [1.82, 2.24) is 0 Å². The summed E-state index contributed by atoms with van der Waals surface area (Å²) in [5.41, 5.74) is 2.35. The summed E-state index contributed by atoms with van der Waals surface area (Å²) < 4.78 is 18.3. The van der Waals surface area contributed by atoms with Gasteiger partial charge in [-0.3, -0.25) is 0 Å². The maximum absolute atomic E-state index is 12.7. The molecule has 1 heterocycles. The lowest BCUT2D eigenvalue weighted by Crippen LogP contribution is -2.44. The number of rotatable bonds is 8. The molecule has 0 saturated heterocycles. The summed E-state index contributed by atoms with van der Waals surface area (Å²) in [6.45, 7) is 19.7.